The van der Waals surface area contributed by atoms with E-state index in [1.165, 1.54) is 13.0 Å². The fourth-order valence-electron chi connectivity index (χ4n) is 4.06. The fourth-order valence-corrected chi connectivity index (χ4v) is 4.06. The summed E-state index contributed by atoms with van der Waals surface area (Å²) >= 11 is 0. The number of esters is 2. The zero-order chi connectivity index (χ0) is 30.2. The van der Waals surface area contributed by atoms with Gasteiger partial charge in [0.15, 0.2) is 0 Å². The smallest absolute Gasteiger partial charge is 0.351 e. The molecule has 0 N–H and O–H groups in total. The Kier molecular flexibility index (Phi) is 10.7. The number of hydrogen-bond acceptors (Lipinski definition) is 9. The summed E-state index contributed by atoms with van der Waals surface area (Å²) in [5, 5.41) is 11.5. The predicted molar refractivity (Wildman–Crippen MR) is 151 cm³/mol. The Morgan fingerprint density at radius 3 is 2.51 bits per heavy atom. The highest BCUT2D eigenvalue weighted by atomic mass is 19.1. The first kappa shape index (κ1) is 31.4. The highest BCUT2D eigenvalue weighted by Crippen LogP contribution is 2.25. The second-order valence-corrected chi connectivity index (χ2v) is 11.3. The molecule has 1 aliphatic heterocycles. The minimum atomic E-state index is -0.764. The number of halogens is 1. The van der Waals surface area contributed by atoms with Gasteiger partial charge in [-0.15, -0.1) is 5.10 Å². The number of carbonyl (C=O) groups excluding carboxylic acids is 2. The van der Waals surface area contributed by atoms with Crippen LogP contribution >= 0.6 is 0 Å². The van der Waals surface area contributed by atoms with Gasteiger partial charge in [0, 0.05) is 36.9 Å². The molecule has 10 nitrogen and oxygen atoms in total. The molecule has 2 aromatic heterocycles. The molecule has 0 spiro atoms. The Hall–Kier alpha value is -4.15. The first-order valence-corrected chi connectivity index (χ1v) is 13.5. The highest BCUT2D eigenvalue weighted by Gasteiger charge is 2.33. The summed E-state index contributed by atoms with van der Waals surface area (Å²) in [6, 6.07) is 8.60. The molecule has 11 heteroatoms. The summed E-state index contributed by atoms with van der Waals surface area (Å²) in [5.41, 5.74) is 2.60. The third-order valence-corrected chi connectivity index (χ3v) is 5.76. The van der Waals surface area contributed by atoms with Crippen molar-refractivity contribution in [2.75, 3.05) is 0 Å². The summed E-state index contributed by atoms with van der Waals surface area (Å²) in [7, 11) is 0. The van der Waals surface area contributed by atoms with Crippen LogP contribution in [0, 0.1) is 18.7 Å². The molecule has 1 aliphatic rings. The number of benzene rings is 1. The van der Waals surface area contributed by atoms with E-state index in [4.69, 9.17) is 14.3 Å². The van der Waals surface area contributed by atoms with Gasteiger partial charge in [0.25, 0.3) is 0 Å². The predicted octanol–water partition coefficient (Wildman–Crippen LogP) is 5.29. The average molecular weight is 568 g/mol. The van der Waals surface area contributed by atoms with E-state index in [0.717, 1.165) is 12.0 Å². The van der Waals surface area contributed by atoms with E-state index in [0.29, 0.717) is 41.4 Å². The van der Waals surface area contributed by atoms with Crippen molar-refractivity contribution in [2.45, 2.75) is 85.7 Å². The average Bonchev–Trinajstić information content (AvgIpc) is 3.55. The van der Waals surface area contributed by atoms with Crippen molar-refractivity contribution in [3.05, 3.63) is 66.0 Å². The maximum Gasteiger partial charge on any atom is 0.351 e. The van der Waals surface area contributed by atoms with E-state index in [1.807, 2.05) is 13.0 Å². The minimum Gasteiger partial charge on any atom is -0.461 e. The SMILES string of the molecule is CC(=O)OC(CC(C)C)Cn1ccnn1.Cc1ccc(-c2ccc(C3=NOC(C(=O)OC(C)(C)C)C3)nc2)c(F)c1. The Balaban J connectivity index is 0.000000263. The maximum atomic E-state index is 14.1. The van der Waals surface area contributed by atoms with Gasteiger partial charge in [0.1, 0.15) is 23.2 Å². The summed E-state index contributed by atoms with van der Waals surface area (Å²) < 4.78 is 26.3. The van der Waals surface area contributed by atoms with Gasteiger partial charge in [-0.3, -0.25) is 9.78 Å². The van der Waals surface area contributed by atoms with Gasteiger partial charge in [0.2, 0.25) is 6.10 Å². The van der Waals surface area contributed by atoms with Crippen molar-refractivity contribution in [1.82, 2.24) is 20.0 Å². The molecule has 0 aliphatic carbocycles. The van der Waals surface area contributed by atoms with Gasteiger partial charge in [-0.1, -0.05) is 42.4 Å². The quantitative estimate of drug-likeness (QED) is 0.337. The molecule has 3 aromatic rings. The lowest BCUT2D eigenvalue weighted by Crippen LogP contribution is -2.32. The number of oxime groups is 1. The standard InChI is InChI=1S/C20H21FN2O3.C10H17N3O2/c1-12-5-7-14(15(21)9-12)13-6-8-16(22-11-13)17-10-18(26-23-17)19(24)25-20(2,3)4;1-8(2)6-10(15-9(3)14)7-13-5-4-11-12-13/h5-9,11,18H,10H2,1-4H3;4-5,8,10H,6-7H2,1-3H3. The molecule has 0 radical (unpaired) electrons. The molecule has 0 saturated heterocycles. The molecule has 0 bridgehead atoms. The van der Waals surface area contributed by atoms with Crippen molar-refractivity contribution in [1.29, 1.82) is 0 Å². The van der Waals surface area contributed by atoms with Crippen molar-refractivity contribution in [3.8, 4) is 11.1 Å². The second kappa shape index (κ2) is 14.0. The first-order chi connectivity index (χ1) is 19.3. The molecular weight excluding hydrogens is 529 g/mol. The summed E-state index contributed by atoms with van der Waals surface area (Å²) in [6.45, 7) is 13.4. The molecule has 3 heterocycles. The van der Waals surface area contributed by atoms with E-state index in [2.05, 4.69) is 34.3 Å². The lowest BCUT2D eigenvalue weighted by atomic mass is 10.0. The van der Waals surface area contributed by atoms with Crippen LogP contribution in [0.15, 0.2) is 54.1 Å². The van der Waals surface area contributed by atoms with E-state index in [1.54, 1.807) is 62.2 Å². The zero-order valence-electron chi connectivity index (χ0n) is 24.6. The van der Waals surface area contributed by atoms with Crippen LogP contribution in [0.25, 0.3) is 11.1 Å². The topological polar surface area (TPSA) is 118 Å². The maximum absolute atomic E-state index is 14.1. The summed E-state index contributed by atoms with van der Waals surface area (Å²) in [4.78, 5) is 32.5. The zero-order valence-corrected chi connectivity index (χ0v) is 24.6. The lowest BCUT2D eigenvalue weighted by molar-refractivity contribution is -0.166. The third kappa shape index (κ3) is 10.1. The molecule has 0 fully saturated rings. The number of carbonyl (C=O) groups is 2. The van der Waals surface area contributed by atoms with Gasteiger partial charge in [0.05, 0.1) is 18.4 Å². The molecular formula is C30H38FN5O5. The van der Waals surface area contributed by atoms with E-state index >= 15 is 0 Å². The van der Waals surface area contributed by atoms with Gasteiger partial charge < -0.3 is 14.3 Å². The summed E-state index contributed by atoms with van der Waals surface area (Å²) in [6.07, 6.45) is 5.20. The van der Waals surface area contributed by atoms with Crippen LogP contribution < -0.4 is 0 Å². The molecule has 1 aromatic carbocycles. The van der Waals surface area contributed by atoms with E-state index < -0.39 is 17.7 Å². The Morgan fingerprint density at radius 1 is 1.20 bits per heavy atom. The van der Waals surface area contributed by atoms with Crippen LogP contribution in [0.1, 0.15) is 65.6 Å². The fraction of sp³-hybridized carbons (Fsp3) is 0.467. The summed E-state index contributed by atoms with van der Waals surface area (Å²) in [5.74, 6) is -0.501. The Labute approximate surface area is 239 Å². The van der Waals surface area contributed by atoms with Crippen LogP contribution in [0.4, 0.5) is 4.39 Å². The minimum absolute atomic E-state index is 0.121. The molecule has 4 rings (SSSR count). The molecule has 0 saturated carbocycles. The van der Waals surface area contributed by atoms with Crippen LogP contribution in [-0.4, -0.2) is 55.4 Å². The third-order valence-electron chi connectivity index (χ3n) is 5.76. The van der Waals surface area contributed by atoms with Crippen molar-refractivity contribution < 1.29 is 28.3 Å². The normalized spacial score (nSPS) is 15.3. The van der Waals surface area contributed by atoms with Gasteiger partial charge >= 0.3 is 11.9 Å². The molecule has 2 atom stereocenters. The van der Waals surface area contributed by atoms with Crippen molar-refractivity contribution in [2.24, 2.45) is 11.1 Å². The Bertz CT molecular complexity index is 1330. The molecule has 220 valence electrons. The van der Waals surface area contributed by atoms with Crippen LogP contribution in [0.3, 0.4) is 0 Å². The van der Waals surface area contributed by atoms with Crippen LogP contribution in [0.2, 0.25) is 0 Å². The van der Waals surface area contributed by atoms with Crippen LogP contribution in [-0.2, 0) is 30.4 Å². The number of hydrogen-bond donors (Lipinski definition) is 0. The van der Waals surface area contributed by atoms with Crippen molar-refractivity contribution >= 4 is 17.7 Å². The molecule has 2 unspecified atom stereocenters. The number of pyridine rings is 1. The van der Waals surface area contributed by atoms with Gasteiger partial charge in [-0.25, -0.2) is 13.9 Å². The number of aromatic nitrogens is 4. The first-order valence-electron chi connectivity index (χ1n) is 13.5. The number of aryl methyl sites for hydroxylation is 1. The monoisotopic (exact) mass is 567 g/mol. The largest absolute Gasteiger partial charge is 0.461 e. The molecule has 41 heavy (non-hydrogen) atoms. The van der Waals surface area contributed by atoms with Crippen LogP contribution in [0.5, 0.6) is 0 Å². The lowest BCUT2D eigenvalue weighted by Gasteiger charge is -2.20. The van der Waals surface area contributed by atoms with Gasteiger partial charge in [-0.2, -0.15) is 0 Å². The Morgan fingerprint density at radius 2 is 1.95 bits per heavy atom. The van der Waals surface area contributed by atoms with Crippen molar-refractivity contribution in [3.63, 3.8) is 0 Å². The van der Waals surface area contributed by atoms with E-state index in [-0.39, 0.29) is 17.9 Å². The highest BCUT2D eigenvalue weighted by molar-refractivity contribution is 6.02. The number of rotatable bonds is 8. The van der Waals surface area contributed by atoms with E-state index in [9.17, 15) is 14.0 Å². The van der Waals surface area contributed by atoms with Gasteiger partial charge in [-0.05, 0) is 57.7 Å². The number of nitrogens with zero attached hydrogens (tertiary/aromatic N) is 5. The number of ether oxygens (including phenoxy) is 2. The molecule has 0 amide bonds. The second-order valence-electron chi connectivity index (χ2n) is 11.3.